The summed E-state index contributed by atoms with van der Waals surface area (Å²) in [6, 6.07) is 0. The molecule has 0 rings (SSSR count). The lowest BCUT2D eigenvalue weighted by atomic mass is 11.8. The summed E-state index contributed by atoms with van der Waals surface area (Å²) >= 11 is 3.25. The third kappa shape index (κ3) is 3.22. The van der Waals surface area contributed by atoms with Gasteiger partial charge in [-0.3, -0.25) is 0 Å². The van der Waals surface area contributed by atoms with E-state index in [-0.39, 0.29) is 0 Å². The molecule has 0 atom stereocenters. The maximum atomic E-state index is 4.92. The third-order valence-electron chi connectivity index (χ3n) is 0.652. The summed E-state index contributed by atoms with van der Waals surface area (Å²) in [4.78, 5) is 0.861. The zero-order valence-corrected chi connectivity index (χ0v) is 7.22. The lowest BCUT2D eigenvalue weighted by Crippen LogP contribution is -2.20. The molecule has 0 unspecified atom stereocenters. The molecule has 0 spiro atoms. The number of hydrogen-bond acceptors (Lipinski definition) is 2. The highest BCUT2D eigenvalue weighted by Gasteiger charge is 2.03. The average molecular weight is 185 g/mol. The second-order valence-corrected chi connectivity index (χ2v) is 5.11. The van der Waals surface area contributed by atoms with Crippen LogP contribution in [0.25, 0.3) is 0 Å². The molecule has 0 aliphatic carbocycles. The third-order valence-corrected chi connectivity index (χ3v) is 3.54. The van der Waals surface area contributed by atoms with Crippen LogP contribution in [0.3, 0.4) is 0 Å². The summed E-state index contributed by atoms with van der Waals surface area (Å²) in [5, 5.41) is 0. The van der Waals surface area contributed by atoms with E-state index in [9.17, 15) is 0 Å². The lowest BCUT2D eigenvalue weighted by molar-refractivity contribution is 0.284. The van der Waals surface area contributed by atoms with Gasteiger partial charge in [-0.05, 0) is 0 Å². The van der Waals surface area contributed by atoms with E-state index < -0.39 is 9.28 Å². The van der Waals surface area contributed by atoms with Crippen LogP contribution in [0.1, 0.15) is 0 Å². The Morgan fingerprint density at radius 1 is 1.43 bits per heavy atom. The van der Waals surface area contributed by atoms with E-state index in [0.717, 1.165) is 4.95 Å². The molecule has 0 aliphatic rings. The summed E-state index contributed by atoms with van der Waals surface area (Å²) in [6.45, 7) is 0. The van der Waals surface area contributed by atoms with E-state index in [0.29, 0.717) is 0 Å². The molecule has 0 aliphatic heterocycles. The van der Waals surface area contributed by atoms with Crippen LogP contribution in [0, 0.1) is 0 Å². The minimum atomic E-state index is -1.25. The Bertz CT molecular complexity index is 34.4. The minimum absolute atomic E-state index is 0.861. The number of hydrogen-bond donors (Lipinski definition) is 0. The quantitative estimate of drug-likeness (QED) is 0.469. The molecular weight excluding hydrogens is 176 g/mol. The van der Waals surface area contributed by atoms with Gasteiger partial charge < -0.3 is 8.85 Å². The van der Waals surface area contributed by atoms with Gasteiger partial charge in [-0.15, -0.1) is 0 Å². The van der Waals surface area contributed by atoms with E-state index in [1.165, 1.54) is 0 Å². The zero-order chi connectivity index (χ0) is 5.70. The Morgan fingerprint density at radius 2 is 1.86 bits per heavy atom. The van der Waals surface area contributed by atoms with Crippen molar-refractivity contribution in [1.82, 2.24) is 0 Å². The Kier molecular flexibility index (Phi) is 5.19. The normalized spacial score (nSPS) is 10.3. The second kappa shape index (κ2) is 4.77. The topological polar surface area (TPSA) is 18.5 Å². The molecule has 2 nitrogen and oxygen atoms in total. The molecule has 0 saturated heterocycles. The van der Waals surface area contributed by atoms with Crippen LogP contribution in [-0.2, 0) is 8.85 Å². The second-order valence-electron chi connectivity index (χ2n) is 1.06. The zero-order valence-electron chi connectivity index (χ0n) is 4.48. The fourth-order valence-electron chi connectivity index (χ4n) is 0.222. The SMILES string of the molecule is CO[SiH](CBr)OC. The Labute approximate surface area is 53.8 Å². The molecule has 0 saturated carbocycles. The lowest BCUT2D eigenvalue weighted by Gasteiger charge is -2.04. The largest absolute Gasteiger partial charge is 0.399 e. The highest BCUT2D eigenvalue weighted by atomic mass is 79.9. The predicted octanol–water partition coefficient (Wildman–Crippen LogP) is 0.434. The summed E-state index contributed by atoms with van der Waals surface area (Å²) in [5.41, 5.74) is 0. The van der Waals surface area contributed by atoms with E-state index in [2.05, 4.69) is 15.9 Å². The molecule has 0 aromatic rings. The van der Waals surface area contributed by atoms with Crippen molar-refractivity contribution in [3.8, 4) is 0 Å². The van der Waals surface area contributed by atoms with E-state index >= 15 is 0 Å². The van der Waals surface area contributed by atoms with E-state index in [4.69, 9.17) is 8.85 Å². The monoisotopic (exact) mass is 184 g/mol. The molecule has 0 aromatic carbocycles. The fraction of sp³-hybridized carbons (Fsp3) is 1.00. The average Bonchev–Trinajstić information content (AvgIpc) is 1.72. The standard InChI is InChI=1S/C3H9BrO2Si/c1-5-7(3-4)6-2/h7H,3H2,1-2H3. The maximum Gasteiger partial charge on any atom is 0.331 e. The van der Waals surface area contributed by atoms with Gasteiger partial charge in [0.25, 0.3) is 0 Å². The van der Waals surface area contributed by atoms with Gasteiger partial charge >= 0.3 is 9.28 Å². The van der Waals surface area contributed by atoms with Gasteiger partial charge in [0.05, 0.1) is 0 Å². The van der Waals surface area contributed by atoms with Crippen LogP contribution >= 0.6 is 15.9 Å². The highest BCUT2D eigenvalue weighted by molar-refractivity contribution is 9.09. The Balaban J connectivity index is 2.99. The van der Waals surface area contributed by atoms with E-state index in [1.54, 1.807) is 14.2 Å². The first-order valence-corrected chi connectivity index (χ1v) is 4.84. The summed E-state index contributed by atoms with van der Waals surface area (Å²) in [7, 11) is 2.08. The van der Waals surface area contributed by atoms with Gasteiger partial charge in [0.2, 0.25) is 0 Å². The summed E-state index contributed by atoms with van der Waals surface area (Å²) in [5.74, 6) is 0. The van der Waals surface area contributed by atoms with Crippen molar-refractivity contribution in [2.75, 3.05) is 19.2 Å². The van der Waals surface area contributed by atoms with Crippen molar-refractivity contribution in [2.45, 2.75) is 0 Å². The molecule has 4 heteroatoms. The van der Waals surface area contributed by atoms with Crippen LogP contribution in [0.4, 0.5) is 0 Å². The minimum Gasteiger partial charge on any atom is -0.399 e. The molecule has 7 heavy (non-hydrogen) atoms. The van der Waals surface area contributed by atoms with E-state index in [1.807, 2.05) is 0 Å². The van der Waals surface area contributed by atoms with Crippen LogP contribution in [-0.4, -0.2) is 28.5 Å². The number of halogens is 1. The van der Waals surface area contributed by atoms with Crippen molar-refractivity contribution >= 4 is 25.2 Å². The van der Waals surface area contributed by atoms with Crippen molar-refractivity contribution in [2.24, 2.45) is 0 Å². The molecule has 0 bridgehead atoms. The molecule has 0 amide bonds. The first-order chi connectivity index (χ1) is 3.35. The first kappa shape index (κ1) is 7.62. The van der Waals surface area contributed by atoms with Crippen molar-refractivity contribution < 1.29 is 8.85 Å². The van der Waals surface area contributed by atoms with Crippen LogP contribution in [0.2, 0.25) is 0 Å². The molecule has 0 radical (unpaired) electrons. The van der Waals surface area contributed by atoms with Gasteiger partial charge in [-0.25, -0.2) is 0 Å². The predicted molar refractivity (Wildman–Crippen MR) is 35.0 cm³/mol. The molecule has 0 aromatic heterocycles. The molecule has 0 fully saturated rings. The number of rotatable bonds is 3. The smallest absolute Gasteiger partial charge is 0.331 e. The molecule has 0 N–H and O–H groups in total. The fourth-order valence-corrected chi connectivity index (χ4v) is 2.25. The molecule has 44 valence electrons. The van der Waals surface area contributed by atoms with Crippen LogP contribution in [0.15, 0.2) is 0 Å². The summed E-state index contributed by atoms with van der Waals surface area (Å²) in [6.07, 6.45) is 0. The van der Waals surface area contributed by atoms with Crippen molar-refractivity contribution in [1.29, 1.82) is 0 Å². The molecule has 0 heterocycles. The maximum absolute atomic E-state index is 4.92. The van der Waals surface area contributed by atoms with Gasteiger partial charge in [0.15, 0.2) is 0 Å². The first-order valence-electron chi connectivity index (χ1n) is 1.96. The van der Waals surface area contributed by atoms with Crippen molar-refractivity contribution in [3.05, 3.63) is 0 Å². The number of alkyl halides is 1. The van der Waals surface area contributed by atoms with Crippen LogP contribution < -0.4 is 0 Å². The Morgan fingerprint density at radius 3 is 1.86 bits per heavy atom. The Hall–Kier alpha value is 0.617. The van der Waals surface area contributed by atoms with Gasteiger partial charge in [0, 0.05) is 19.2 Å². The highest BCUT2D eigenvalue weighted by Crippen LogP contribution is 1.88. The van der Waals surface area contributed by atoms with Gasteiger partial charge in [0.1, 0.15) is 0 Å². The van der Waals surface area contributed by atoms with Crippen molar-refractivity contribution in [3.63, 3.8) is 0 Å². The van der Waals surface area contributed by atoms with Gasteiger partial charge in [-0.1, -0.05) is 15.9 Å². The molecular formula is C3H9BrO2Si. The summed E-state index contributed by atoms with van der Waals surface area (Å²) < 4.78 is 9.84. The van der Waals surface area contributed by atoms with Gasteiger partial charge in [-0.2, -0.15) is 0 Å². The van der Waals surface area contributed by atoms with Crippen LogP contribution in [0.5, 0.6) is 0 Å².